The number of nitrogens with zero attached hydrogens (tertiary/aromatic N) is 3. The molecule has 2 rings (SSSR count). The van der Waals surface area contributed by atoms with Crippen LogP contribution in [0.1, 0.15) is 16.1 Å². The van der Waals surface area contributed by atoms with Crippen LogP contribution in [0.15, 0.2) is 35.5 Å². The quantitative estimate of drug-likeness (QED) is 0.605. The van der Waals surface area contributed by atoms with Crippen molar-refractivity contribution in [3.63, 3.8) is 0 Å². The van der Waals surface area contributed by atoms with Crippen molar-refractivity contribution in [2.45, 2.75) is 11.8 Å². The second-order valence-electron chi connectivity index (χ2n) is 5.96. The molecule has 0 aliphatic rings. The molecule has 10 heteroatoms. The van der Waals surface area contributed by atoms with Gasteiger partial charge in [-0.05, 0) is 30.7 Å². The van der Waals surface area contributed by atoms with Crippen LogP contribution in [0.25, 0.3) is 0 Å². The van der Waals surface area contributed by atoms with E-state index in [0.717, 1.165) is 5.56 Å². The van der Waals surface area contributed by atoms with Crippen LogP contribution < -0.4 is 15.4 Å². The molecule has 0 aliphatic carbocycles. The molecule has 0 spiro atoms. The number of nitrogens with one attached hydrogen (secondary N) is 1. The van der Waals surface area contributed by atoms with E-state index in [-0.39, 0.29) is 11.6 Å². The average Bonchev–Trinajstić information content (AvgIpc) is 2.69. The Labute approximate surface area is 166 Å². The fourth-order valence-electron chi connectivity index (χ4n) is 2.48. The Hall–Kier alpha value is -2.40. The summed E-state index contributed by atoms with van der Waals surface area (Å²) in [5.74, 6) is 0.242. The van der Waals surface area contributed by atoms with Crippen molar-refractivity contribution in [3.05, 3.63) is 41.9 Å². The van der Waals surface area contributed by atoms with Crippen molar-refractivity contribution in [2.75, 3.05) is 50.7 Å². The SMILES string of the molecule is COCCN(CCOC)c1cc(C(=O)Nc2ccc(S(N)=O)cc2C)ncn1. The standard InChI is InChI=1S/C18H25N5O4S/c1-13-10-14(28(19)25)4-5-15(13)22-18(24)16-11-17(21-12-20-16)23(6-8-26-2)7-9-27-3/h4-5,10-12H,6-9,19H2,1-3H3,(H,22,24). The van der Waals surface area contributed by atoms with E-state index in [9.17, 15) is 9.00 Å². The molecule has 1 amide bonds. The van der Waals surface area contributed by atoms with E-state index in [1.165, 1.54) is 6.33 Å². The van der Waals surface area contributed by atoms with Crippen LogP contribution in [0.3, 0.4) is 0 Å². The zero-order valence-corrected chi connectivity index (χ0v) is 17.0. The van der Waals surface area contributed by atoms with Crippen LogP contribution in [-0.2, 0) is 20.5 Å². The Bertz CT molecular complexity index is 825. The molecule has 28 heavy (non-hydrogen) atoms. The summed E-state index contributed by atoms with van der Waals surface area (Å²) >= 11 is 0. The first-order valence-electron chi connectivity index (χ1n) is 8.59. The maximum Gasteiger partial charge on any atom is 0.274 e. The maximum atomic E-state index is 12.6. The van der Waals surface area contributed by atoms with Gasteiger partial charge in [-0.2, -0.15) is 0 Å². The summed E-state index contributed by atoms with van der Waals surface area (Å²) in [6.45, 7) is 4.05. The third-order valence-corrected chi connectivity index (χ3v) is 4.74. The van der Waals surface area contributed by atoms with Gasteiger partial charge in [0.15, 0.2) is 0 Å². The summed E-state index contributed by atoms with van der Waals surface area (Å²) in [6, 6.07) is 6.58. The third-order valence-electron chi connectivity index (χ3n) is 4.02. The Morgan fingerprint density at radius 1 is 1.18 bits per heavy atom. The van der Waals surface area contributed by atoms with Gasteiger partial charge < -0.3 is 19.7 Å². The van der Waals surface area contributed by atoms with Gasteiger partial charge in [-0.15, -0.1) is 0 Å². The molecule has 1 aromatic carbocycles. The summed E-state index contributed by atoms with van der Waals surface area (Å²) in [4.78, 5) is 23.4. The van der Waals surface area contributed by atoms with E-state index in [2.05, 4.69) is 15.3 Å². The Balaban J connectivity index is 2.17. The fraction of sp³-hybridized carbons (Fsp3) is 0.389. The number of amides is 1. The van der Waals surface area contributed by atoms with Gasteiger partial charge in [0.2, 0.25) is 0 Å². The van der Waals surface area contributed by atoms with Crippen LogP contribution in [0.4, 0.5) is 11.5 Å². The minimum atomic E-state index is -1.57. The maximum absolute atomic E-state index is 12.6. The molecule has 0 radical (unpaired) electrons. The predicted octanol–water partition coefficient (Wildman–Crippen LogP) is 1.12. The first-order chi connectivity index (χ1) is 13.5. The molecule has 0 fully saturated rings. The molecule has 1 unspecified atom stereocenters. The Morgan fingerprint density at radius 3 is 2.43 bits per heavy atom. The zero-order valence-electron chi connectivity index (χ0n) is 16.2. The van der Waals surface area contributed by atoms with Gasteiger partial charge in [0.1, 0.15) is 28.8 Å². The van der Waals surface area contributed by atoms with Crippen molar-refractivity contribution < 1.29 is 18.5 Å². The first kappa shape index (κ1) is 21.9. The summed E-state index contributed by atoms with van der Waals surface area (Å²) in [5.41, 5.74) is 1.58. The number of anilines is 2. The molecule has 3 N–H and O–H groups in total. The highest BCUT2D eigenvalue weighted by Crippen LogP contribution is 2.19. The second kappa shape index (κ2) is 10.8. The lowest BCUT2D eigenvalue weighted by Crippen LogP contribution is -2.31. The Kier molecular flexibility index (Phi) is 8.45. The fourth-order valence-corrected chi connectivity index (χ4v) is 2.97. The molecule has 2 aromatic rings. The number of aromatic nitrogens is 2. The number of carbonyl (C=O) groups excluding carboxylic acids is 1. The largest absolute Gasteiger partial charge is 0.383 e. The first-order valence-corrected chi connectivity index (χ1v) is 9.80. The predicted molar refractivity (Wildman–Crippen MR) is 108 cm³/mol. The normalized spacial score (nSPS) is 11.9. The average molecular weight is 407 g/mol. The molecule has 0 saturated heterocycles. The highest BCUT2D eigenvalue weighted by molar-refractivity contribution is 7.82. The number of carbonyl (C=O) groups is 1. The van der Waals surface area contributed by atoms with Gasteiger partial charge in [0.25, 0.3) is 5.91 Å². The zero-order chi connectivity index (χ0) is 20.5. The number of hydrogen-bond donors (Lipinski definition) is 2. The lowest BCUT2D eigenvalue weighted by molar-refractivity contribution is 0.102. The molecule has 0 saturated carbocycles. The number of aryl methyl sites for hydroxylation is 1. The number of hydrogen-bond acceptors (Lipinski definition) is 7. The van der Waals surface area contributed by atoms with Gasteiger partial charge in [-0.25, -0.2) is 19.3 Å². The molecule has 0 bridgehead atoms. The molecule has 9 nitrogen and oxygen atoms in total. The van der Waals surface area contributed by atoms with Crippen LogP contribution in [-0.4, -0.2) is 60.6 Å². The van der Waals surface area contributed by atoms with Crippen molar-refractivity contribution in [1.29, 1.82) is 0 Å². The molecular formula is C18H25N5O4S. The summed E-state index contributed by atoms with van der Waals surface area (Å²) in [5, 5.41) is 8.19. The third kappa shape index (κ3) is 6.06. The van der Waals surface area contributed by atoms with Gasteiger partial charge >= 0.3 is 0 Å². The summed E-state index contributed by atoms with van der Waals surface area (Å²) < 4.78 is 21.6. The number of rotatable bonds is 10. The van der Waals surface area contributed by atoms with E-state index in [1.807, 2.05) is 4.90 Å². The van der Waals surface area contributed by atoms with Crippen LogP contribution in [0.5, 0.6) is 0 Å². The molecule has 1 aromatic heterocycles. The summed E-state index contributed by atoms with van der Waals surface area (Å²) in [7, 11) is 1.68. The summed E-state index contributed by atoms with van der Waals surface area (Å²) in [6.07, 6.45) is 1.35. The molecule has 0 aliphatic heterocycles. The monoisotopic (exact) mass is 407 g/mol. The number of nitrogens with two attached hydrogens (primary N) is 1. The van der Waals surface area contributed by atoms with Gasteiger partial charge in [0, 0.05) is 39.1 Å². The molecule has 1 heterocycles. The second-order valence-corrected chi connectivity index (χ2v) is 7.03. The smallest absolute Gasteiger partial charge is 0.274 e. The molecular weight excluding hydrogens is 382 g/mol. The minimum absolute atomic E-state index is 0.232. The van der Waals surface area contributed by atoms with E-state index in [1.54, 1.807) is 45.4 Å². The van der Waals surface area contributed by atoms with Gasteiger partial charge in [0.05, 0.1) is 18.1 Å². The highest BCUT2D eigenvalue weighted by atomic mass is 32.2. The van der Waals surface area contributed by atoms with E-state index >= 15 is 0 Å². The van der Waals surface area contributed by atoms with E-state index in [0.29, 0.717) is 42.7 Å². The Morgan fingerprint density at radius 2 is 1.86 bits per heavy atom. The number of ether oxygens (including phenoxy) is 2. The van der Waals surface area contributed by atoms with E-state index in [4.69, 9.17) is 14.6 Å². The van der Waals surface area contributed by atoms with Crippen molar-refractivity contribution in [2.24, 2.45) is 5.14 Å². The van der Waals surface area contributed by atoms with Crippen LogP contribution in [0, 0.1) is 6.92 Å². The minimum Gasteiger partial charge on any atom is -0.383 e. The van der Waals surface area contributed by atoms with Crippen molar-refractivity contribution in [1.82, 2.24) is 9.97 Å². The highest BCUT2D eigenvalue weighted by Gasteiger charge is 2.14. The number of methoxy groups -OCH3 is 2. The lowest BCUT2D eigenvalue weighted by Gasteiger charge is -2.23. The molecule has 1 atom stereocenters. The van der Waals surface area contributed by atoms with Crippen molar-refractivity contribution in [3.8, 4) is 0 Å². The van der Waals surface area contributed by atoms with Crippen LogP contribution >= 0.6 is 0 Å². The van der Waals surface area contributed by atoms with Gasteiger partial charge in [-0.3, -0.25) is 4.79 Å². The number of benzene rings is 1. The van der Waals surface area contributed by atoms with Gasteiger partial charge in [-0.1, -0.05) is 0 Å². The molecule has 152 valence electrons. The van der Waals surface area contributed by atoms with Crippen molar-refractivity contribution >= 4 is 28.4 Å². The lowest BCUT2D eigenvalue weighted by atomic mass is 10.2. The van der Waals surface area contributed by atoms with Crippen LogP contribution in [0.2, 0.25) is 0 Å². The topological polar surface area (TPSA) is 120 Å². The van der Waals surface area contributed by atoms with E-state index < -0.39 is 11.0 Å².